The monoisotopic (exact) mass is 235 g/mol. The first kappa shape index (κ1) is 11.1. The van der Waals surface area contributed by atoms with Gasteiger partial charge in [-0.05, 0) is 12.1 Å². The van der Waals surface area contributed by atoms with Crippen LogP contribution in [0.25, 0.3) is 0 Å². The van der Waals surface area contributed by atoms with E-state index in [1.54, 1.807) is 12.1 Å². The third-order valence-electron chi connectivity index (χ3n) is 2.05. The van der Waals surface area contributed by atoms with Crippen molar-refractivity contribution in [2.24, 2.45) is 0 Å². The van der Waals surface area contributed by atoms with Crippen molar-refractivity contribution in [1.29, 1.82) is 0 Å². The normalized spacial score (nSPS) is 10.0. The minimum Gasteiger partial charge on any atom is -0.479 e. The predicted molar refractivity (Wildman–Crippen MR) is 59.5 cm³/mol. The largest absolute Gasteiger partial charge is 0.479 e. The van der Waals surface area contributed by atoms with Gasteiger partial charge in [-0.2, -0.15) is 9.97 Å². The average molecular weight is 235 g/mol. The Morgan fingerprint density at radius 3 is 2.59 bits per heavy atom. The van der Waals surface area contributed by atoms with E-state index in [0.717, 1.165) is 0 Å². The summed E-state index contributed by atoms with van der Waals surface area (Å²) in [5.74, 6) is -0.210. The molecule has 0 unspecified atom stereocenters. The zero-order valence-electron chi connectivity index (χ0n) is 9.05. The fourth-order valence-electron chi connectivity index (χ4n) is 1.24. The van der Waals surface area contributed by atoms with Gasteiger partial charge in [-0.1, -0.05) is 12.1 Å². The van der Waals surface area contributed by atoms with Gasteiger partial charge in [0.15, 0.2) is 17.3 Å². The maximum atomic E-state index is 13.3. The van der Waals surface area contributed by atoms with Crippen molar-refractivity contribution in [3.05, 3.63) is 36.4 Å². The molecule has 0 atom stereocenters. The molecule has 1 aromatic carbocycles. The van der Waals surface area contributed by atoms with Crippen molar-refractivity contribution >= 4 is 5.69 Å². The molecule has 6 heteroatoms. The summed E-state index contributed by atoms with van der Waals surface area (Å²) in [6.07, 6.45) is 1.23. The Balaban J connectivity index is 2.34. The third-order valence-corrected chi connectivity index (χ3v) is 2.05. The Kier molecular flexibility index (Phi) is 3.04. The maximum Gasteiger partial charge on any atom is 0.249 e. The zero-order valence-corrected chi connectivity index (χ0v) is 9.05. The first-order chi connectivity index (χ1) is 8.22. The minimum absolute atomic E-state index is 0.0416. The third kappa shape index (κ3) is 2.25. The van der Waals surface area contributed by atoms with Crippen LogP contribution in [0.15, 0.2) is 30.6 Å². The molecule has 0 aliphatic heterocycles. The van der Waals surface area contributed by atoms with Gasteiger partial charge in [0.1, 0.15) is 6.33 Å². The van der Waals surface area contributed by atoms with E-state index in [1.807, 2.05) is 0 Å². The molecule has 17 heavy (non-hydrogen) atoms. The van der Waals surface area contributed by atoms with Crippen LogP contribution in [0.3, 0.4) is 0 Å². The number of nitrogens with two attached hydrogens (primary N) is 1. The number of hydrogen-bond acceptors (Lipinski definition) is 5. The van der Waals surface area contributed by atoms with E-state index in [0.29, 0.717) is 0 Å². The van der Waals surface area contributed by atoms with Crippen molar-refractivity contribution in [3.63, 3.8) is 0 Å². The maximum absolute atomic E-state index is 13.3. The fraction of sp³-hybridized carbons (Fsp3) is 0.0909. The SMILES string of the molecule is COc1ncnc(Oc2ccccc2F)c1N. The molecular formula is C11H10FN3O2. The number of benzene rings is 1. The second-order valence-electron chi connectivity index (χ2n) is 3.13. The average Bonchev–Trinajstić information content (AvgIpc) is 2.34. The van der Waals surface area contributed by atoms with Gasteiger partial charge in [-0.25, -0.2) is 4.39 Å². The molecule has 0 saturated heterocycles. The standard InChI is InChI=1S/C11H10FN3O2/c1-16-10-9(13)11(15-6-14-10)17-8-5-3-2-4-7(8)12/h2-6H,13H2,1H3. The zero-order chi connectivity index (χ0) is 12.3. The van der Waals surface area contributed by atoms with Crippen molar-refractivity contribution < 1.29 is 13.9 Å². The summed E-state index contributed by atoms with van der Waals surface area (Å²) in [4.78, 5) is 7.61. The van der Waals surface area contributed by atoms with E-state index in [4.69, 9.17) is 15.2 Å². The lowest BCUT2D eigenvalue weighted by atomic mass is 10.3. The van der Waals surface area contributed by atoms with E-state index < -0.39 is 5.82 Å². The lowest BCUT2D eigenvalue weighted by Gasteiger charge is -2.09. The summed E-state index contributed by atoms with van der Waals surface area (Å²) in [6.45, 7) is 0. The Morgan fingerprint density at radius 2 is 1.88 bits per heavy atom. The molecular weight excluding hydrogens is 225 g/mol. The predicted octanol–water partition coefficient (Wildman–Crippen LogP) is 2.00. The van der Waals surface area contributed by atoms with Gasteiger partial charge >= 0.3 is 0 Å². The molecule has 0 spiro atoms. The minimum atomic E-state index is -0.496. The second kappa shape index (κ2) is 4.65. The molecule has 1 aromatic heterocycles. The molecule has 1 heterocycles. The summed E-state index contributed by atoms with van der Waals surface area (Å²) < 4.78 is 23.5. The van der Waals surface area contributed by atoms with E-state index in [2.05, 4.69) is 9.97 Å². The van der Waals surface area contributed by atoms with Crippen LogP contribution < -0.4 is 15.2 Å². The molecule has 0 saturated carbocycles. The highest BCUT2D eigenvalue weighted by atomic mass is 19.1. The molecule has 0 bridgehead atoms. The van der Waals surface area contributed by atoms with Crippen molar-refractivity contribution in [1.82, 2.24) is 9.97 Å². The highest BCUT2D eigenvalue weighted by molar-refractivity contribution is 5.56. The molecule has 2 rings (SSSR count). The number of para-hydroxylation sites is 1. The van der Waals surface area contributed by atoms with Crippen LogP contribution in [0, 0.1) is 5.82 Å². The summed E-state index contributed by atoms with van der Waals surface area (Å²) in [7, 11) is 1.42. The molecule has 5 nitrogen and oxygen atoms in total. The van der Waals surface area contributed by atoms with Gasteiger partial charge in [0, 0.05) is 0 Å². The first-order valence-electron chi connectivity index (χ1n) is 4.79. The van der Waals surface area contributed by atoms with E-state index in [9.17, 15) is 4.39 Å². The van der Waals surface area contributed by atoms with E-state index in [-0.39, 0.29) is 23.2 Å². The molecule has 0 amide bonds. The second-order valence-corrected chi connectivity index (χ2v) is 3.13. The quantitative estimate of drug-likeness (QED) is 0.881. The van der Waals surface area contributed by atoms with Gasteiger partial charge in [0.25, 0.3) is 0 Å². The molecule has 0 aliphatic rings. The topological polar surface area (TPSA) is 70.3 Å². The van der Waals surface area contributed by atoms with Crippen LogP contribution in [0.4, 0.5) is 10.1 Å². The van der Waals surface area contributed by atoms with Gasteiger partial charge in [0.2, 0.25) is 11.8 Å². The lowest BCUT2D eigenvalue weighted by Crippen LogP contribution is -2.01. The number of rotatable bonds is 3. The Hall–Kier alpha value is -2.37. The fourth-order valence-corrected chi connectivity index (χ4v) is 1.24. The highest BCUT2D eigenvalue weighted by Crippen LogP contribution is 2.31. The number of ether oxygens (including phenoxy) is 2. The van der Waals surface area contributed by atoms with Gasteiger partial charge in [-0.3, -0.25) is 0 Å². The Morgan fingerprint density at radius 1 is 1.18 bits per heavy atom. The number of halogens is 1. The molecule has 0 radical (unpaired) electrons. The summed E-state index contributed by atoms with van der Waals surface area (Å²) in [5, 5.41) is 0. The number of hydrogen-bond donors (Lipinski definition) is 1. The summed E-state index contributed by atoms with van der Waals surface area (Å²) in [6, 6.07) is 5.96. The van der Waals surface area contributed by atoms with Crippen LogP contribution in [-0.4, -0.2) is 17.1 Å². The summed E-state index contributed by atoms with van der Waals surface area (Å²) in [5.41, 5.74) is 5.82. The van der Waals surface area contributed by atoms with Crippen LogP contribution >= 0.6 is 0 Å². The number of nitrogen functional groups attached to an aromatic ring is 1. The van der Waals surface area contributed by atoms with Crippen LogP contribution in [0.5, 0.6) is 17.5 Å². The molecule has 0 fully saturated rings. The highest BCUT2D eigenvalue weighted by Gasteiger charge is 2.12. The smallest absolute Gasteiger partial charge is 0.249 e. The van der Waals surface area contributed by atoms with E-state index in [1.165, 1.54) is 25.6 Å². The van der Waals surface area contributed by atoms with Gasteiger partial charge in [0.05, 0.1) is 7.11 Å². The first-order valence-corrected chi connectivity index (χ1v) is 4.79. The lowest BCUT2D eigenvalue weighted by molar-refractivity contribution is 0.387. The number of methoxy groups -OCH3 is 1. The number of anilines is 1. The van der Waals surface area contributed by atoms with Crippen molar-refractivity contribution in [3.8, 4) is 17.5 Å². The number of nitrogens with zero attached hydrogens (tertiary/aromatic N) is 2. The molecule has 0 aliphatic carbocycles. The van der Waals surface area contributed by atoms with Gasteiger partial charge < -0.3 is 15.2 Å². The van der Waals surface area contributed by atoms with Crippen LogP contribution in [0.1, 0.15) is 0 Å². The Bertz CT molecular complexity index is 534. The number of aromatic nitrogens is 2. The molecule has 88 valence electrons. The molecule has 2 aromatic rings. The van der Waals surface area contributed by atoms with Crippen LogP contribution in [-0.2, 0) is 0 Å². The van der Waals surface area contributed by atoms with Crippen molar-refractivity contribution in [2.45, 2.75) is 0 Å². The molecule has 2 N–H and O–H groups in total. The van der Waals surface area contributed by atoms with Crippen LogP contribution in [0.2, 0.25) is 0 Å². The van der Waals surface area contributed by atoms with E-state index >= 15 is 0 Å². The summed E-state index contributed by atoms with van der Waals surface area (Å²) >= 11 is 0. The Labute approximate surface area is 97.0 Å². The van der Waals surface area contributed by atoms with Gasteiger partial charge in [-0.15, -0.1) is 0 Å². The van der Waals surface area contributed by atoms with Crippen molar-refractivity contribution in [2.75, 3.05) is 12.8 Å².